The van der Waals surface area contributed by atoms with Crippen LogP contribution in [0.15, 0.2) is 16.5 Å². The van der Waals surface area contributed by atoms with Gasteiger partial charge in [-0.15, -0.1) is 0 Å². The van der Waals surface area contributed by atoms with E-state index in [0.29, 0.717) is 35.3 Å². The normalized spacial score (nSPS) is 27.2. The summed E-state index contributed by atoms with van der Waals surface area (Å²) in [5, 5.41) is 13.9. The second-order valence-electron chi connectivity index (χ2n) is 12.9. The second kappa shape index (κ2) is 9.69. The first-order valence-electron chi connectivity index (χ1n) is 15.4. The molecule has 0 aliphatic carbocycles. The minimum atomic E-state index is -0.926. The number of nitrogen functional groups attached to an aromatic ring is 1. The Balaban J connectivity index is 1.27. The summed E-state index contributed by atoms with van der Waals surface area (Å²) >= 11 is 0. The van der Waals surface area contributed by atoms with E-state index in [4.69, 9.17) is 24.6 Å². The van der Waals surface area contributed by atoms with E-state index in [9.17, 15) is 9.65 Å². The lowest BCUT2D eigenvalue weighted by Crippen LogP contribution is -2.68. The summed E-state index contributed by atoms with van der Waals surface area (Å²) in [7, 11) is 0. The third-order valence-electron chi connectivity index (χ3n) is 10.5. The van der Waals surface area contributed by atoms with E-state index in [0.717, 1.165) is 38.9 Å². The van der Waals surface area contributed by atoms with Gasteiger partial charge in [0.1, 0.15) is 47.1 Å². The molecule has 13 heteroatoms. The number of nitriles is 1. The van der Waals surface area contributed by atoms with Crippen molar-refractivity contribution in [1.82, 2.24) is 20.2 Å². The zero-order valence-electron chi connectivity index (χ0n) is 24.3. The number of piperidine rings is 1. The van der Waals surface area contributed by atoms with Gasteiger partial charge in [0.05, 0.1) is 29.5 Å². The predicted molar refractivity (Wildman–Crippen MR) is 158 cm³/mol. The summed E-state index contributed by atoms with van der Waals surface area (Å²) < 4.78 is 65.2. The first-order chi connectivity index (χ1) is 21.9. The van der Waals surface area contributed by atoms with Gasteiger partial charge in [0.15, 0.2) is 5.82 Å². The molecule has 4 atom stereocenters. The average molecular weight is 618 g/mol. The molecule has 0 amide bonds. The van der Waals surface area contributed by atoms with Crippen LogP contribution in [0.5, 0.6) is 6.01 Å². The number of anilines is 2. The molecular weight excluding hydrogens is 587 g/mol. The largest absolute Gasteiger partial charge is 0.461 e. The number of aromatic nitrogens is 2. The third-order valence-corrected chi connectivity index (χ3v) is 10.5. The SMILES string of the molecule is N#Cc1c(N)oc2ccc(F)c(-c3c4c(c5c(N6C7CNCC6C7)nc(OC[C@@]67CCCN6C[C@H](F)C7)nc5c3F)COC4)c12. The number of nitrogens with one attached hydrogen (secondary N) is 1. The van der Waals surface area contributed by atoms with E-state index >= 15 is 8.78 Å². The molecule has 2 aromatic carbocycles. The quantitative estimate of drug-likeness (QED) is 0.335. The van der Waals surface area contributed by atoms with Crippen molar-refractivity contribution < 1.29 is 27.1 Å². The van der Waals surface area contributed by atoms with Crippen molar-refractivity contribution in [3.8, 4) is 23.2 Å². The highest BCUT2D eigenvalue weighted by Crippen LogP contribution is 2.48. The third kappa shape index (κ3) is 3.79. The highest BCUT2D eigenvalue weighted by atomic mass is 19.1. The van der Waals surface area contributed by atoms with Gasteiger partial charge >= 0.3 is 6.01 Å². The van der Waals surface area contributed by atoms with Crippen molar-refractivity contribution >= 4 is 33.6 Å². The van der Waals surface area contributed by atoms with Gasteiger partial charge < -0.3 is 29.8 Å². The number of halogens is 3. The number of nitrogens with two attached hydrogens (primary N) is 1. The van der Waals surface area contributed by atoms with Crippen LogP contribution in [0.2, 0.25) is 0 Å². The molecule has 10 nitrogen and oxygen atoms in total. The van der Waals surface area contributed by atoms with Crippen LogP contribution in [0.1, 0.15) is 42.4 Å². The Morgan fingerprint density at radius 2 is 1.96 bits per heavy atom. The van der Waals surface area contributed by atoms with Crippen LogP contribution in [0.4, 0.5) is 24.9 Å². The maximum Gasteiger partial charge on any atom is 0.319 e. The molecule has 9 rings (SSSR count). The first-order valence-corrected chi connectivity index (χ1v) is 15.4. The maximum atomic E-state index is 17.2. The lowest BCUT2D eigenvalue weighted by Gasteiger charge is -2.54. The molecule has 4 fully saturated rings. The minimum Gasteiger partial charge on any atom is -0.461 e. The average Bonchev–Trinajstić information content (AvgIpc) is 3.79. The van der Waals surface area contributed by atoms with E-state index in [1.54, 1.807) is 0 Å². The topological polar surface area (TPSA) is 126 Å². The van der Waals surface area contributed by atoms with Gasteiger partial charge in [-0.1, -0.05) is 0 Å². The van der Waals surface area contributed by atoms with Gasteiger partial charge in [0.25, 0.3) is 0 Å². The Hall–Kier alpha value is -4.12. The maximum absolute atomic E-state index is 17.2. The lowest BCUT2D eigenvalue weighted by molar-refractivity contribution is 0.107. The van der Waals surface area contributed by atoms with Crippen LogP contribution in [-0.4, -0.2) is 71.4 Å². The molecule has 4 aromatic rings. The fourth-order valence-electron chi connectivity index (χ4n) is 8.52. The molecule has 2 bridgehead atoms. The van der Waals surface area contributed by atoms with Gasteiger partial charge in [0, 0.05) is 49.3 Å². The van der Waals surface area contributed by atoms with Gasteiger partial charge in [-0.05, 0) is 49.1 Å². The fourth-order valence-corrected chi connectivity index (χ4v) is 8.52. The Labute approximate surface area is 255 Å². The smallest absolute Gasteiger partial charge is 0.319 e. The molecule has 45 heavy (non-hydrogen) atoms. The number of hydrogen-bond donors (Lipinski definition) is 2. The molecule has 3 N–H and O–H groups in total. The van der Waals surface area contributed by atoms with Crippen LogP contribution in [0.25, 0.3) is 33.0 Å². The van der Waals surface area contributed by atoms with Crippen molar-refractivity contribution in [2.75, 3.05) is 43.4 Å². The van der Waals surface area contributed by atoms with E-state index in [1.165, 1.54) is 12.1 Å². The van der Waals surface area contributed by atoms with Crippen molar-refractivity contribution in [3.05, 3.63) is 40.5 Å². The molecule has 0 saturated carbocycles. The van der Waals surface area contributed by atoms with Crippen LogP contribution < -0.4 is 20.7 Å². The van der Waals surface area contributed by atoms with Crippen molar-refractivity contribution in [1.29, 1.82) is 5.26 Å². The monoisotopic (exact) mass is 617 g/mol. The fraction of sp³-hybridized carbons (Fsp3) is 0.469. The van der Waals surface area contributed by atoms with Crippen molar-refractivity contribution in [2.24, 2.45) is 0 Å². The number of nitrogens with zero attached hydrogens (tertiary/aromatic N) is 5. The first kappa shape index (κ1) is 27.2. The summed E-state index contributed by atoms with van der Waals surface area (Å²) in [5.74, 6) is -1.12. The predicted octanol–water partition coefficient (Wildman–Crippen LogP) is 4.31. The molecule has 2 aromatic heterocycles. The molecule has 4 saturated heterocycles. The van der Waals surface area contributed by atoms with Gasteiger partial charge in [-0.25, -0.2) is 13.2 Å². The van der Waals surface area contributed by atoms with E-state index in [1.807, 2.05) is 6.07 Å². The highest BCUT2D eigenvalue weighted by molar-refractivity contribution is 6.05. The van der Waals surface area contributed by atoms with E-state index in [2.05, 4.69) is 20.1 Å². The molecule has 232 valence electrons. The molecule has 0 spiro atoms. The zero-order valence-corrected chi connectivity index (χ0v) is 24.3. The van der Waals surface area contributed by atoms with E-state index < -0.39 is 23.3 Å². The lowest BCUT2D eigenvalue weighted by atomic mass is 9.86. The second-order valence-corrected chi connectivity index (χ2v) is 12.9. The van der Waals surface area contributed by atoms with Crippen LogP contribution in [-0.2, 0) is 18.0 Å². The number of furan rings is 1. The van der Waals surface area contributed by atoms with Crippen LogP contribution in [0, 0.1) is 23.0 Å². The number of alkyl halides is 1. The molecule has 5 aliphatic heterocycles. The number of rotatable bonds is 5. The van der Waals surface area contributed by atoms with Crippen molar-refractivity contribution in [2.45, 2.75) is 62.7 Å². The Kier molecular flexibility index (Phi) is 5.86. The summed E-state index contributed by atoms with van der Waals surface area (Å²) in [6.07, 6.45) is 2.18. The molecule has 7 heterocycles. The van der Waals surface area contributed by atoms with Gasteiger partial charge in [0.2, 0.25) is 5.88 Å². The number of ether oxygens (including phenoxy) is 2. The zero-order chi connectivity index (χ0) is 30.6. The summed E-state index contributed by atoms with van der Waals surface area (Å²) in [4.78, 5) is 13.9. The Morgan fingerprint density at radius 1 is 1.13 bits per heavy atom. The molecule has 2 unspecified atom stereocenters. The van der Waals surface area contributed by atoms with Crippen molar-refractivity contribution in [3.63, 3.8) is 0 Å². The minimum absolute atomic E-state index is 0.00775. The standard InChI is InChI=1S/C32H30F3N7O3/c33-15-7-32(4-1-5-41(32)11-15)14-44-31-39-28-25(30(40-31)42-16-6-17(42)10-38-9-16)20-13-43-12-19(20)24(27(28)35)26-21(34)2-3-22-23(26)18(8-36)29(37)45-22/h2-3,15-17,38H,1,4-7,9-14,37H2/t15-,16?,17?,32+/m1/s1. The number of piperazine rings is 1. The summed E-state index contributed by atoms with van der Waals surface area (Å²) in [5.41, 5.74) is 6.57. The van der Waals surface area contributed by atoms with Crippen LogP contribution >= 0.6 is 0 Å². The summed E-state index contributed by atoms with van der Waals surface area (Å²) in [6.45, 7) is 3.09. The number of fused-ring (bicyclic) bond motifs is 7. The van der Waals surface area contributed by atoms with E-state index in [-0.39, 0.29) is 77.0 Å². The molecule has 5 aliphatic rings. The highest BCUT2D eigenvalue weighted by Gasteiger charge is 2.50. The number of benzene rings is 2. The Bertz CT molecular complexity index is 1950. The number of hydrogen-bond acceptors (Lipinski definition) is 10. The molecule has 0 radical (unpaired) electrons. The van der Waals surface area contributed by atoms with Crippen LogP contribution in [0.3, 0.4) is 0 Å². The molecular formula is C32H30F3N7O3. The van der Waals surface area contributed by atoms with Gasteiger partial charge in [-0.2, -0.15) is 15.2 Å². The summed E-state index contributed by atoms with van der Waals surface area (Å²) in [6, 6.07) is 4.86. The van der Waals surface area contributed by atoms with Gasteiger partial charge in [-0.3, -0.25) is 4.90 Å². The Morgan fingerprint density at radius 3 is 2.76 bits per heavy atom.